The van der Waals surface area contributed by atoms with Crippen LogP contribution in [-0.4, -0.2) is 24.9 Å². The van der Waals surface area contributed by atoms with E-state index in [4.69, 9.17) is 0 Å². The molecule has 106 valence electrons. The van der Waals surface area contributed by atoms with Gasteiger partial charge in [-0.15, -0.1) is 11.3 Å². The van der Waals surface area contributed by atoms with Gasteiger partial charge in [0, 0.05) is 18.5 Å². The van der Waals surface area contributed by atoms with Gasteiger partial charge in [-0.25, -0.2) is 0 Å². The van der Waals surface area contributed by atoms with Gasteiger partial charge >= 0.3 is 0 Å². The topological polar surface area (TPSA) is 58.2 Å². The van der Waals surface area contributed by atoms with Gasteiger partial charge in [-0.3, -0.25) is 9.59 Å². The van der Waals surface area contributed by atoms with Crippen LogP contribution in [0.4, 0.5) is 0 Å². The lowest BCUT2D eigenvalue weighted by Gasteiger charge is -2.02. The minimum absolute atomic E-state index is 0.0916. The molecule has 0 aromatic carbocycles. The zero-order valence-corrected chi connectivity index (χ0v) is 12.4. The molecule has 1 aromatic rings. The quantitative estimate of drug-likeness (QED) is 0.720. The fourth-order valence-electron chi connectivity index (χ4n) is 1.52. The van der Waals surface area contributed by atoms with E-state index in [9.17, 15) is 9.59 Å². The molecule has 0 aliphatic heterocycles. The Balaban J connectivity index is 2.46. The van der Waals surface area contributed by atoms with Crippen LogP contribution < -0.4 is 10.6 Å². The van der Waals surface area contributed by atoms with Crippen molar-refractivity contribution in [2.75, 3.05) is 13.1 Å². The van der Waals surface area contributed by atoms with Crippen LogP contribution in [0.2, 0.25) is 0 Å². The van der Waals surface area contributed by atoms with Crippen molar-refractivity contribution in [1.82, 2.24) is 10.6 Å². The predicted octanol–water partition coefficient (Wildman–Crippen LogP) is 2.81. The predicted molar refractivity (Wildman–Crippen MR) is 78.8 cm³/mol. The largest absolute Gasteiger partial charge is 0.352 e. The second-order valence-corrected chi connectivity index (χ2v) is 5.33. The maximum Gasteiger partial charge on any atom is 0.261 e. The van der Waals surface area contributed by atoms with Crippen molar-refractivity contribution in [3.05, 3.63) is 21.9 Å². The molecule has 1 aromatic heterocycles. The number of unbranched alkanes of at least 4 members (excludes halogenated alkanes) is 2. The number of rotatable bonds is 8. The van der Waals surface area contributed by atoms with Crippen molar-refractivity contribution in [2.24, 2.45) is 0 Å². The van der Waals surface area contributed by atoms with Gasteiger partial charge in [0.25, 0.3) is 11.8 Å². The fraction of sp³-hybridized carbons (Fsp3) is 0.571. The van der Waals surface area contributed by atoms with Crippen molar-refractivity contribution in [1.29, 1.82) is 0 Å². The number of hydrogen-bond acceptors (Lipinski definition) is 3. The number of nitrogens with one attached hydrogen (secondary N) is 2. The van der Waals surface area contributed by atoms with Crippen LogP contribution in [0.3, 0.4) is 0 Å². The average Bonchev–Trinajstić information content (AvgIpc) is 2.89. The highest BCUT2D eigenvalue weighted by Crippen LogP contribution is 2.14. The molecule has 0 unspecified atom stereocenters. The van der Waals surface area contributed by atoms with Crippen molar-refractivity contribution < 1.29 is 9.59 Å². The van der Waals surface area contributed by atoms with E-state index in [1.54, 1.807) is 11.4 Å². The first-order valence-electron chi connectivity index (χ1n) is 6.84. The Kier molecular flexibility index (Phi) is 7.18. The summed E-state index contributed by atoms with van der Waals surface area (Å²) in [4.78, 5) is 24.2. The fourth-order valence-corrected chi connectivity index (χ4v) is 2.32. The van der Waals surface area contributed by atoms with Crippen LogP contribution in [0.15, 0.2) is 11.4 Å². The molecule has 1 rings (SSSR count). The number of hydrogen-bond donors (Lipinski definition) is 2. The first-order chi connectivity index (χ1) is 9.19. The minimum Gasteiger partial charge on any atom is -0.352 e. The van der Waals surface area contributed by atoms with Crippen molar-refractivity contribution in [2.45, 2.75) is 39.5 Å². The summed E-state index contributed by atoms with van der Waals surface area (Å²) in [7, 11) is 0. The third-order valence-electron chi connectivity index (χ3n) is 2.72. The van der Waals surface area contributed by atoms with Gasteiger partial charge in [0.15, 0.2) is 0 Å². The summed E-state index contributed by atoms with van der Waals surface area (Å²) in [6.07, 6.45) is 4.05. The maximum absolute atomic E-state index is 11.8. The molecule has 0 aliphatic rings. The Labute approximate surface area is 118 Å². The molecule has 0 saturated carbocycles. The number of carbonyl (C=O) groups is 2. The molecule has 0 spiro atoms. The minimum atomic E-state index is -0.0997. The maximum atomic E-state index is 11.8. The van der Waals surface area contributed by atoms with Crippen molar-refractivity contribution in [3.63, 3.8) is 0 Å². The molecule has 5 heteroatoms. The molecule has 2 amide bonds. The molecule has 0 aliphatic carbocycles. The monoisotopic (exact) mass is 282 g/mol. The summed E-state index contributed by atoms with van der Waals surface area (Å²) in [6.45, 7) is 5.53. The molecule has 0 saturated heterocycles. The molecule has 19 heavy (non-hydrogen) atoms. The highest BCUT2D eigenvalue weighted by Gasteiger charge is 2.12. The van der Waals surface area contributed by atoms with Crippen LogP contribution in [0.1, 0.15) is 59.6 Å². The Hall–Kier alpha value is -1.36. The lowest BCUT2D eigenvalue weighted by molar-refractivity contribution is 0.0952. The zero-order chi connectivity index (χ0) is 14.1. The van der Waals surface area contributed by atoms with E-state index in [2.05, 4.69) is 24.5 Å². The van der Waals surface area contributed by atoms with Gasteiger partial charge in [0.1, 0.15) is 0 Å². The Morgan fingerprint density at radius 3 is 2.21 bits per heavy atom. The van der Waals surface area contributed by atoms with E-state index < -0.39 is 0 Å². The highest BCUT2D eigenvalue weighted by molar-refractivity contribution is 7.12. The molecular weight excluding hydrogens is 260 g/mol. The zero-order valence-electron chi connectivity index (χ0n) is 11.6. The Morgan fingerprint density at radius 1 is 1.05 bits per heavy atom. The SMILES string of the molecule is CCCCNC(=O)c1csc(C(=O)NCCCC)c1. The summed E-state index contributed by atoms with van der Waals surface area (Å²) in [6, 6.07) is 1.66. The summed E-state index contributed by atoms with van der Waals surface area (Å²) in [5.41, 5.74) is 0.571. The van der Waals surface area contributed by atoms with E-state index in [1.165, 1.54) is 11.3 Å². The van der Waals surface area contributed by atoms with Crippen LogP contribution in [-0.2, 0) is 0 Å². The summed E-state index contributed by atoms with van der Waals surface area (Å²) >= 11 is 1.31. The lowest BCUT2D eigenvalue weighted by atomic mass is 10.2. The molecule has 0 bridgehead atoms. The van der Waals surface area contributed by atoms with Gasteiger partial charge in [-0.05, 0) is 18.9 Å². The number of thiophene rings is 1. The van der Waals surface area contributed by atoms with Gasteiger partial charge in [-0.1, -0.05) is 26.7 Å². The van der Waals surface area contributed by atoms with Crippen LogP contribution >= 0.6 is 11.3 Å². The summed E-state index contributed by atoms with van der Waals surface area (Å²) < 4.78 is 0. The molecule has 1 heterocycles. The van der Waals surface area contributed by atoms with Crippen LogP contribution in [0.25, 0.3) is 0 Å². The van der Waals surface area contributed by atoms with Gasteiger partial charge < -0.3 is 10.6 Å². The molecule has 0 radical (unpaired) electrons. The van der Waals surface area contributed by atoms with E-state index in [1.807, 2.05) is 0 Å². The smallest absolute Gasteiger partial charge is 0.261 e. The van der Waals surface area contributed by atoms with E-state index in [0.717, 1.165) is 25.7 Å². The third-order valence-corrected chi connectivity index (χ3v) is 3.65. The van der Waals surface area contributed by atoms with Crippen molar-refractivity contribution in [3.8, 4) is 0 Å². The average molecular weight is 282 g/mol. The van der Waals surface area contributed by atoms with E-state index in [-0.39, 0.29) is 11.8 Å². The lowest BCUT2D eigenvalue weighted by Crippen LogP contribution is -2.25. The van der Waals surface area contributed by atoms with Gasteiger partial charge in [-0.2, -0.15) is 0 Å². The second-order valence-electron chi connectivity index (χ2n) is 4.42. The molecule has 2 N–H and O–H groups in total. The Bertz CT molecular complexity index is 379. The first kappa shape index (κ1) is 15.7. The first-order valence-corrected chi connectivity index (χ1v) is 7.72. The van der Waals surface area contributed by atoms with E-state index >= 15 is 0 Å². The van der Waals surface area contributed by atoms with Gasteiger partial charge in [0.05, 0.1) is 10.4 Å². The number of amides is 2. The van der Waals surface area contributed by atoms with Crippen LogP contribution in [0, 0.1) is 0 Å². The molecule has 0 fully saturated rings. The molecule has 0 atom stereocenters. The molecule has 4 nitrogen and oxygen atoms in total. The normalized spacial score (nSPS) is 10.2. The summed E-state index contributed by atoms with van der Waals surface area (Å²) in [5.74, 6) is -0.191. The van der Waals surface area contributed by atoms with Crippen LogP contribution in [0.5, 0.6) is 0 Å². The Morgan fingerprint density at radius 2 is 1.63 bits per heavy atom. The third kappa shape index (κ3) is 5.42. The summed E-state index contributed by atoms with van der Waals surface area (Å²) in [5, 5.41) is 7.42. The molecular formula is C14H22N2O2S. The standard InChI is InChI=1S/C14H22N2O2S/c1-3-5-7-15-13(17)11-9-12(19-10-11)14(18)16-8-6-4-2/h9-10H,3-8H2,1-2H3,(H,15,17)(H,16,18). The van der Waals surface area contributed by atoms with Gasteiger partial charge in [0.2, 0.25) is 0 Å². The van der Waals surface area contributed by atoms with E-state index in [0.29, 0.717) is 23.5 Å². The second kappa shape index (κ2) is 8.69. The van der Waals surface area contributed by atoms with Crippen molar-refractivity contribution >= 4 is 23.2 Å². The number of carbonyl (C=O) groups excluding carboxylic acids is 2. The highest BCUT2D eigenvalue weighted by atomic mass is 32.1.